The highest BCUT2D eigenvalue weighted by atomic mass is 15.1. The van der Waals surface area contributed by atoms with Crippen molar-refractivity contribution < 1.29 is 0 Å². The zero-order chi connectivity index (χ0) is 12.7. The Morgan fingerprint density at radius 1 is 0.867 bits per heavy atom. The van der Waals surface area contributed by atoms with Crippen molar-refractivity contribution in [3.05, 3.63) is 0 Å². The van der Waals surface area contributed by atoms with Crippen LogP contribution in [0.25, 0.3) is 0 Å². The van der Waals surface area contributed by atoms with E-state index in [4.69, 9.17) is 0 Å². The van der Waals surface area contributed by atoms with E-state index in [0.29, 0.717) is 0 Å². The Kier molecular flexibility index (Phi) is 26.5. The fourth-order valence-electron chi connectivity index (χ4n) is 1.15. The lowest BCUT2D eigenvalue weighted by molar-refractivity contribution is 0.278. The third-order valence-corrected chi connectivity index (χ3v) is 2.53. The fourth-order valence-corrected chi connectivity index (χ4v) is 1.15. The predicted molar refractivity (Wildman–Crippen MR) is 74.6 cm³/mol. The third-order valence-electron chi connectivity index (χ3n) is 2.53. The minimum absolute atomic E-state index is 0.899. The molecule has 0 N–H and O–H groups in total. The summed E-state index contributed by atoms with van der Waals surface area (Å²) in [5, 5.41) is 0. The van der Waals surface area contributed by atoms with Gasteiger partial charge in [-0.25, -0.2) is 0 Å². The Labute approximate surface area is 99.3 Å². The van der Waals surface area contributed by atoms with Gasteiger partial charge in [0, 0.05) is 0 Å². The molecule has 0 aromatic rings. The Morgan fingerprint density at radius 2 is 1.27 bits per heavy atom. The van der Waals surface area contributed by atoms with Crippen LogP contribution in [0.3, 0.4) is 0 Å². The van der Waals surface area contributed by atoms with E-state index in [1.807, 2.05) is 27.7 Å². The van der Waals surface area contributed by atoms with Gasteiger partial charge in [-0.2, -0.15) is 0 Å². The van der Waals surface area contributed by atoms with Gasteiger partial charge in [0.1, 0.15) is 0 Å². The average Bonchev–Trinajstić information content (AvgIpc) is 2.35. The lowest BCUT2D eigenvalue weighted by Gasteiger charge is -2.19. The molecule has 0 fully saturated rings. The standard InChI is InChI=1S/C10H23N.2C2H6/c1-5-10(4)8-9-11(6-2)7-3;2*1-2/h10H,5-9H2,1-4H3;2*1-2H3. The van der Waals surface area contributed by atoms with E-state index >= 15 is 0 Å². The molecule has 0 aliphatic carbocycles. The van der Waals surface area contributed by atoms with Gasteiger partial charge in [0.2, 0.25) is 0 Å². The first-order chi connectivity index (χ1) is 7.24. The second kappa shape index (κ2) is 19.5. The van der Waals surface area contributed by atoms with E-state index in [-0.39, 0.29) is 0 Å². The summed E-state index contributed by atoms with van der Waals surface area (Å²) < 4.78 is 0. The minimum atomic E-state index is 0.899. The van der Waals surface area contributed by atoms with Gasteiger partial charge in [0.25, 0.3) is 0 Å². The molecule has 15 heavy (non-hydrogen) atoms. The molecule has 0 saturated carbocycles. The molecule has 0 rings (SSSR count). The van der Waals surface area contributed by atoms with Crippen LogP contribution in [0.15, 0.2) is 0 Å². The van der Waals surface area contributed by atoms with E-state index in [0.717, 1.165) is 5.92 Å². The maximum Gasteiger partial charge on any atom is -0.00164 e. The molecule has 0 amide bonds. The Bertz CT molecular complexity index is 77.4. The van der Waals surface area contributed by atoms with Crippen molar-refractivity contribution in [3.8, 4) is 0 Å². The Hall–Kier alpha value is -0.0400. The smallest absolute Gasteiger partial charge is 0.00164 e. The van der Waals surface area contributed by atoms with Crippen molar-refractivity contribution in [2.45, 2.75) is 68.2 Å². The number of hydrogen-bond donors (Lipinski definition) is 0. The van der Waals surface area contributed by atoms with Gasteiger partial charge in [0.05, 0.1) is 0 Å². The molecule has 0 bridgehead atoms. The van der Waals surface area contributed by atoms with Crippen LogP contribution in [-0.2, 0) is 0 Å². The molecule has 1 atom stereocenters. The molecule has 96 valence electrons. The van der Waals surface area contributed by atoms with Gasteiger partial charge in [0.15, 0.2) is 0 Å². The van der Waals surface area contributed by atoms with E-state index < -0.39 is 0 Å². The van der Waals surface area contributed by atoms with Crippen molar-refractivity contribution >= 4 is 0 Å². The molecule has 0 aromatic carbocycles. The first kappa shape index (κ1) is 20.4. The van der Waals surface area contributed by atoms with Gasteiger partial charge in [-0.3, -0.25) is 0 Å². The number of hydrogen-bond acceptors (Lipinski definition) is 1. The summed E-state index contributed by atoms with van der Waals surface area (Å²) in [5.74, 6) is 0.899. The molecule has 1 unspecified atom stereocenters. The zero-order valence-corrected chi connectivity index (χ0v) is 12.6. The highest BCUT2D eigenvalue weighted by Gasteiger charge is 2.02. The van der Waals surface area contributed by atoms with Gasteiger partial charge in [-0.15, -0.1) is 0 Å². The first-order valence-corrected chi connectivity index (χ1v) is 6.96. The van der Waals surface area contributed by atoms with E-state index in [1.165, 1.54) is 32.5 Å². The molecule has 1 heteroatoms. The van der Waals surface area contributed by atoms with E-state index in [9.17, 15) is 0 Å². The van der Waals surface area contributed by atoms with Gasteiger partial charge < -0.3 is 4.90 Å². The van der Waals surface area contributed by atoms with E-state index in [2.05, 4.69) is 32.6 Å². The summed E-state index contributed by atoms with van der Waals surface area (Å²) in [7, 11) is 0. The van der Waals surface area contributed by atoms with Crippen molar-refractivity contribution in [1.82, 2.24) is 4.90 Å². The summed E-state index contributed by atoms with van der Waals surface area (Å²) in [4.78, 5) is 2.49. The molecule has 0 heterocycles. The summed E-state index contributed by atoms with van der Waals surface area (Å²) in [5.41, 5.74) is 0. The highest BCUT2D eigenvalue weighted by molar-refractivity contribution is 4.56. The molecule has 1 nitrogen and oxygen atoms in total. The summed E-state index contributed by atoms with van der Waals surface area (Å²) in [6.07, 6.45) is 2.68. The van der Waals surface area contributed by atoms with Crippen LogP contribution in [0.1, 0.15) is 68.2 Å². The number of rotatable bonds is 6. The maximum absolute atomic E-state index is 2.49. The van der Waals surface area contributed by atoms with E-state index in [1.54, 1.807) is 0 Å². The molecular weight excluding hydrogens is 182 g/mol. The van der Waals surface area contributed by atoms with Crippen molar-refractivity contribution in [2.24, 2.45) is 5.92 Å². The van der Waals surface area contributed by atoms with Crippen LogP contribution < -0.4 is 0 Å². The van der Waals surface area contributed by atoms with Gasteiger partial charge >= 0.3 is 0 Å². The Morgan fingerprint density at radius 3 is 1.53 bits per heavy atom. The monoisotopic (exact) mass is 217 g/mol. The third kappa shape index (κ3) is 16.6. The molecule has 0 spiro atoms. The average molecular weight is 217 g/mol. The van der Waals surface area contributed by atoms with Crippen LogP contribution >= 0.6 is 0 Å². The normalized spacial score (nSPS) is 11.0. The first-order valence-electron chi connectivity index (χ1n) is 6.96. The number of nitrogens with zero attached hydrogens (tertiary/aromatic N) is 1. The van der Waals surface area contributed by atoms with Gasteiger partial charge in [-0.05, 0) is 32.0 Å². The second-order valence-electron chi connectivity index (χ2n) is 3.33. The highest BCUT2D eigenvalue weighted by Crippen LogP contribution is 2.06. The topological polar surface area (TPSA) is 3.24 Å². The van der Waals surface area contributed by atoms with Crippen molar-refractivity contribution in [3.63, 3.8) is 0 Å². The summed E-state index contributed by atoms with van der Waals surface area (Å²) in [6, 6.07) is 0. The summed E-state index contributed by atoms with van der Waals surface area (Å²) in [6.45, 7) is 20.8. The SMILES string of the molecule is CC.CC.CCC(C)CCN(CC)CC. The fraction of sp³-hybridized carbons (Fsp3) is 1.00. The van der Waals surface area contributed by atoms with Crippen LogP contribution in [0.5, 0.6) is 0 Å². The van der Waals surface area contributed by atoms with Crippen LogP contribution in [0.4, 0.5) is 0 Å². The second-order valence-corrected chi connectivity index (χ2v) is 3.33. The molecule has 0 radical (unpaired) electrons. The molecular formula is C14H35N. The van der Waals surface area contributed by atoms with Crippen LogP contribution in [-0.4, -0.2) is 24.5 Å². The van der Waals surface area contributed by atoms with Gasteiger partial charge in [-0.1, -0.05) is 61.8 Å². The van der Waals surface area contributed by atoms with Crippen LogP contribution in [0, 0.1) is 5.92 Å². The van der Waals surface area contributed by atoms with Crippen molar-refractivity contribution in [1.29, 1.82) is 0 Å². The summed E-state index contributed by atoms with van der Waals surface area (Å²) >= 11 is 0. The maximum atomic E-state index is 2.49. The van der Waals surface area contributed by atoms with Crippen molar-refractivity contribution in [2.75, 3.05) is 19.6 Å². The molecule has 0 saturated heterocycles. The molecule has 0 aliphatic heterocycles. The zero-order valence-electron chi connectivity index (χ0n) is 12.6. The lowest BCUT2D eigenvalue weighted by Crippen LogP contribution is -2.25. The molecule has 0 aliphatic rings. The minimum Gasteiger partial charge on any atom is -0.304 e. The largest absolute Gasteiger partial charge is 0.304 e. The van der Waals surface area contributed by atoms with Crippen LogP contribution in [0.2, 0.25) is 0 Å². The molecule has 0 aromatic heterocycles. The quantitative estimate of drug-likeness (QED) is 0.617. The predicted octanol–water partition coefficient (Wildman–Crippen LogP) is 4.82. The Balaban J connectivity index is -0.000000318. The lowest BCUT2D eigenvalue weighted by atomic mass is 10.1.